The zero-order chi connectivity index (χ0) is 16.1. The van der Waals surface area contributed by atoms with E-state index in [0.717, 1.165) is 18.6 Å². The first-order chi connectivity index (χ1) is 10.5. The molecule has 1 amide bonds. The van der Waals surface area contributed by atoms with Gasteiger partial charge in [0, 0.05) is 6.42 Å². The zero-order valence-corrected chi connectivity index (χ0v) is 13.1. The van der Waals surface area contributed by atoms with Crippen LogP contribution in [0.3, 0.4) is 0 Å². The summed E-state index contributed by atoms with van der Waals surface area (Å²) in [5.41, 5.74) is 2.38. The topological polar surface area (TPSA) is 75.6 Å². The van der Waals surface area contributed by atoms with E-state index in [1.165, 1.54) is 11.1 Å². The third-order valence-corrected chi connectivity index (χ3v) is 3.97. The van der Waals surface area contributed by atoms with Gasteiger partial charge >= 0.3 is 5.97 Å². The van der Waals surface area contributed by atoms with Crippen molar-refractivity contribution in [1.29, 1.82) is 0 Å². The summed E-state index contributed by atoms with van der Waals surface area (Å²) >= 11 is 0. The quantitative estimate of drug-likeness (QED) is 0.723. The molecule has 1 aromatic carbocycles. The van der Waals surface area contributed by atoms with Crippen molar-refractivity contribution in [2.75, 3.05) is 6.61 Å². The van der Waals surface area contributed by atoms with Crippen molar-refractivity contribution >= 4 is 11.9 Å². The maximum Gasteiger partial charge on any atom is 0.326 e. The number of rotatable bonds is 8. The Morgan fingerprint density at radius 2 is 2.05 bits per heavy atom. The molecule has 1 saturated carbocycles. The highest BCUT2D eigenvalue weighted by Gasteiger charge is 2.37. The van der Waals surface area contributed by atoms with E-state index in [2.05, 4.69) is 5.32 Å². The van der Waals surface area contributed by atoms with Gasteiger partial charge in [-0.05, 0) is 62.3 Å². The number of carboxylic acid groups (broad SMARTS) is 1. The average Bonchev–Trinajstić information content (AvgIpc) is 3.29. The second-order valence-corrected chi connectivity index (χ2v) is 5.92. The van der Waals surface area contributed by atoms with E-state index < -0.39 is 12.0 Å². The fourth-order valence-corrected chi connectivity index (χ4v) is 2.28. The van der Waals surface area contributed by atoms with Gasteiger partial charge in [-0.2, -0.15) is 0 Å². The number of aryl methyl sites for hydroxylation is 2. The van der Waals surface area contributed by atoms with Crippen molar-refractivity contribution in [3.63, 3.8) is 0 Å². The lowest BCUT2D eigenvalue weighted by Crippen LogP contribution is -2.42. The van der Waals surface area contributed by atoms with Gasteiger partial charge in [-0.3, -0.25) is 4.79 Å². The molecular formula is C17H23NO4. The zero-order valence-electron chi connectivity index (χ0n) is 13.1. The number of carboxylic acids is 1. The van der Waals surface area contributed by atoms with Crippen LogP contribution in [0.25, 0.3) is 0 Å². The Balaban J connectivity index is 1.68. The van der Waals surface area contributed by atoms with Gasteiger partial charge in [0.15, 0.2) is 0 Å². The van der Waals surface area contributed by atoms with Crippen molar-refractivity contribution in [1.82, 2.24) is 5.32 Å². The second kappa shape index (κ2) is 7.29. The molecule has 1 unspecified atom stereocenters. The Kier molecular flexibility index (Phi) is 5.41. The molecule has 120 valence electrons. The molecule has 1 fully saturated rings. The molecule has 2 N–H and O–H groups in total. The number of benzene rings is 1. The molecule has 1 aromatic rings. The van der Waals surface area contributed by atoms with Crippen LogP contribution in [0.4, 0.5) is 0 Å². The van der Waals surface area contributed by atoms with Crippen LogP contribution in [-0.2, 0) is 9.59 Å². The summed E-state index contributed by atoms with van der Waals surface area (Å²) in [7, 11) is 0. The first-order valence-electron chi connectivity index (χ1n) is 7.69. The smallest absolute Gasteiger partial charge is 0.326 e. The van der Waals surface area contributed by atoms with Crippen LogP contribution < -0.4 is 10.1 Å². The molecule has 1 aliphatic carbocycles. The summed E-state index contributed by atoms with van der Waals surface area (Å²) in [4.78, 5) is 22.8. The Hall–Kier alpha value is -2.04. The lowest BCUT2D eigenvalue weighted by molar-refractivity contribution is -0.142. The summed E-state index contributed by atoms with van der Waals surface area (Å²) in [5.74, 6) is -0.261. The van der Waals surface area contributed by atoms with Gasteiger partial charge in [0.2, 0.25) is 5.91 Å². The van der Waals surface area contributed by atoms with Crippen LogP contribution >= 0.6 is 0 Å². The first kappa shape index (κ1) is 16.3. The van der Waals surface area contributed by atoms with Crippen LogP contribution in [0.5, 0.6) is 5.75 Å². The molecule has 0 radical (unpaired) electrons. The molecule has 1 atom stereocenters. The summed E-state index contributed by atoms with van der Waals surface area (Å²) in [6.45, 7) is 4.51. The number of nitrogens with one attached hydrogen (secondary N) is 1. The minimum atomic E-state index is -0.942. The largest absolute Gasteiger partial charge is 0.494 e. The van der Waals surface area contributed by atoms with Crippen LogP contribution in [-0.4, -0.2) is 29.6 Å². The minimum Gasteiger partial charge on any atom is -0.494 e. The van der Waals surface area contributed by atoms with E-state index in [-0.39, 0.29) is 18.2 Å². The molecule has 0 bridgehead atoms. The maximum atomic E-state index is 11.8. The molecule has 0 spiro atoms. The molecule has 5 heteroatoms. The van der Waals surface area contributed by atoms with Gasteiger partial charge < -0.3 is 15.2 Å². The molecule has 5 nitrogen and oxygen atoms in total. The summed E-state index contributed by atoms with van der Waals surface area (Å²) in [6, 6.07) is 5.16. The average molecular weight is 305 g/mol. The maximum absolute atomic E-state index is 11.8. The highest BCUT2D eigenvalue weighted by atomic mass is 16.5. The van der Waals surface area contributed by atoms with Gasteiger partial charge in [0.25, 0.3) is 0 Å². The fraction of sp³-hybridized carbons (Fsp3) is 0.529. The van der Waals surface area contributed by atoms with Crippen molar-refractivity contribution in [2.24, 2.45) is 5.92 Å². The van der Waals surface area contributed by atoms with Crippen molar-refractivity contribution in [3.05, 3.63) is 29.3 Å². The van der Waals surface area contributed by atoms with Gasteiger partial charge in [-0.15, -0.1) is 0 Å². The molecule has 1 aliphatic rings. The first-order valence-corrected chi connectivity index (χ1v) is 7.69. The van der Waals surface area contributed by atoms with Crippen molar-refractivity contribution in [2.45, 2.75) is 45.6 Å². The molecular weight excluding hydrogens is 282 g/mol. The van der Waals surface area contributed by atoms with Gasteiger partial charge in [-0.1, -0.05) is 6.07 Å². The van der Waals surface area contributed by atoms with Crippen LogP contribution in [0.2, 0.25) is 0 Å². The number of aliphatic carboxylic acids is 1. The Morgan fingerprint density at radius 1 is 1.32 bits per heavy atom. The number of hydrogen-bond acceptors (Lipinski definition) is 3. The molecule has 0 saturated heterocycles. The highest BCUT2D eigenvalue weighted by molar-refractivity contribution is 5.83. The van der Waals surface area contributed by atoms with E-state index in [9.17, 15) is 9.59 Å². The van der Waals surface area contributed by atoms with Gasteiger partial charge in [0.1, 0.15) is 11.8 Å². The molecule has 2 rings (SSSR count). The second-order valence-electron chi connectivity index (χ2n) is 5.92. The lowest BCUT2D eigenvalue weighted by Gasteiger charge is -2.13. The molecule has 0 aliphatic heterocycles. The fourth-order valence-electron chi connectivity index (χ4n) is 2.28. The van der Waals surface area contributed by atoms with Crippen molar-refractivity contribution in [3.8, 4) is 5.75 Å². The van der Waals surface area contributed by atoms with Gasteiger partial charge in [-0.25, -0.2) is 4.79 Å². The molecule has 22 heavy (non-hydrogen) atoms. The lowest BCUT2D eigenvalue weighted by atomic mass is 10.1. The number of carbonyl (C=O) groups is 2. The molecule has 0 aromatic heterocycles. The van der Waals surface area contributed by atoms with E-state index in [1.807, 2.05) is 32.0 Å². The van der Waals surface area contributed by atoms with Crippen LogP contribution in [0, 0.1) is 19.8 Å². The summed E-state index contributed by atoms with van der Waals surface area (Å²) in [5, 5.41) is 11.7. The normalized spacial score (nSPS) is 15.2. The van der Waals surface area contributed by atoms with E-state index in [0.29, 0.717) is 13.0 Å². The number of hydrogen-bond donors (Lipinski definition) is 2. The van der Waals surface area contributed by atoms with E-state index >= 15 is 0 Å². The predicted octanol–water partition coefficient (Wildman–Crippen LogP) is 2.44. The number of ether oxygens (including phenoxy) is 1. The SMILES string of the molecule is Cc1ccc(OCCCC(=O)NC(C(=O)O)C2CC2)cc1C. The van der Waals surface area contributed by atoms with Crippen LogP contribution in [0.1, 0.15) is 36.8 Å². The minimum absolute atomic E-state index is 0.105. The third-order valence-electron chi connectivity index (χ3n) is 3.97. The van der Waals surface area contributed by atoms with Crippen molar-refractivity contribution < 1.29 is 19.4 Å². The van der Waals surface area contributed by atoms with Gasteiger partial charge in [0.05, 0.1) is 6.61 Å². The highest BCUT2D eigenvalue weighted by Crippen LogP contribution is 2.32. The monoisotopic (exact) mass is 305 g/mol. The Labute approximate surface area is 130 Å². The summed E-state index contributed by atoms with van der Waals surface area (Å²) < 4.78 is 5.61. The molecule has 0 heterocycles. The summed E-state index contributed by atoms with van der Waals surface area (Å²) in [6.07, 6.45) is 2.61. The van der Waals surface area contributed by atoms with E-state index in [4.69, 9.17) is 9.84 Å². The standard InChI is InChI=1S/C17H23NO4/c1-11-5-8-14(10-12(11)2)22-9-3-4-15(19)18-16(17(20)21)13-6-7-13/h5,8,10,13,16H,3-4,6-7,9H2,1-2H3,(H,18,19)(H,20,21). The van der Waals surface area contributed by atoms with Crippen LogP contribution in [0.15, 0.2) is 18.2 Å². The predicted molar refractivity (Wildman–Crippen MR) is 82.9 cm³/mol. The third kappa shape index (κ3) is 4.76. The van der Waals surface area contributed by atoms with E-state index in [1.54, 1.807) is 0 Å². The number of carbonyl (C=O) groups excluding carboxylic acids is 1. The Morgan fingerprint density at radius 3 is 2.64 bits per heavy atom. The number of amides is 1. The Bertz CT molecular complexity index is 552.